The number of hydrogen-bond donors (Lipinski definition) is 2. The van der Waals surface area contributed by atoms with Crippen molar-refractivity contribution < 1.29 is 14.3 Å². The van der Waals surface area contributed by atoms with Crippen LogP contribution >= 0.6 is 11.6 Å². The molecule has 5 nitrogen and oxygen atoms in total. The zero-order chi connectivity index (χ0) is 15.2. The Morgan fingerprint density at radius 2 is 2.20 bits per heavy atom. The second kappa shape index (κ2) is 7.04. The molecule has 1 aromatic carbocycles. The van der Waals surface area contributed by atoms with Gasteiger partial charge < -0.3 is 20.1 Å². The van der Waals surface area contributed by atoms with Crippen LogP contribution in [-0.2, 0) is 4.74 Å². The van der Waals surface area contributed by atoms with Crippen molar-refractivity contribution in [2.45, 2.75) is 19.4 Å². The van der Waals surface area contributed by atoms with Crippen LogP contribution < -0.4 is 15.4 Å². The minimum absolute atomic E-state index is 0.0147. The van der Waals surface area contributed by atoms with Gasteiger partial charge >= 0.3 is 6.03 Å². The van der Waals surface area contributed by atoms with Gasteiger partial charge in [0, 0.05) is 12.7 Å². The Morgan fingerprint density at radius 1 is 1.50 bits per heavy atom. The number of rotatable bonds is 5. The molecule has 0 saturated carbocycles. The Hall–Kier alpha value is -1.90. The summed E-state index contributed by atoms with van der Waals surface area (Å²) < 4.78 is 10.7. The van der Waals surface area contributed by atoms with E-state index in [9.17, 15) is 4.79 Å². The molecule has 0 aliphatic heterocycles. The Balaban J connectivity index is 2.61. The van der Waals surface area contributed by atoms with Crippen LogP contribution in [0.3, 0.4) is 0 Å². The largest absolute Gasteiger partial charge is 0.466 e. The summed E-state index contributed by atoms with van der Waals surface area (Å²) in [7, 11) is 1.53. The molecule has 0 aromatic heterocycles. The highest BCUT2D eigenvalue weighted by molar-refractivity contribution is 6.32. The summed E-state index contributed by atoms with van der Waals surface area (Å²) in [5.74, 6) is 2.94. The van der Waals surface area contributed by atoms with Crippen molar-refractivity contribution >= 4 is 23.3 Å². The van der Waals surface area contributed by atoms with E-state index in [2.05, 4.69) is 16.6 Å². The Kier molecular flexibility index (Phi) is 5.68. The van der Waals surface area contributed by atoms with E-state index in [1.807, 2.05) is 0 Å². The van der Waals surface area contributed by atoms with Crippen molar-refractivity contribution in [3.8, 4) is 18.1 Å². The molecule has 0 fully saturated rings. The minimum Gasteiger partial charge on any atom is -0.466 e. The van der Waals surface area contributed by atoms with Crippen LogP contribution in [-0.4, -0.2) is 25.5 Å². The van der Waals surface area contributed by atoms with Gasteiger partial charge in [0.15, 0.2) is 6.79 Å². The Morgan fingerprint density at radius 3 is 2.75 bits per heavy atom. The molecule has 0 bridgehead atoms. The summed E-state index contributed by atoms with van der Waals surface area (Å²) in [6.07, 6.45) is 5.29. The second-order valence-corrected chi connectivity index (χ2v) is 4.82. The summed E-state index contributed by atoms with van der Waals surface area (Å²) in [5.41, 5.74) is -0.140. The molecule has 20 heavy (non-hydrogen) atoms. The van der Waals surface area contributed by atoms with E-state index < -0.39 is 5.60 Å². The summed E-state index contributed by atoms with van der Waals surface area (Å²) >= 11 is 6.05. The van der Waals surface area contributed by atoms with E-state index in [-0.39, 0.29) is 12.8 Å². The molecule has 1 rings (SSSR count). The van der Waals surface area contributed by atoms with Crippen molar-refractivity contribution in [1.82, 2.24) is 5.32 Å². The summed E-state index contributed by atoms with van der Waals surface area (Å²) in [4.78, 5) is 11.2. The molecule has 0 radical (unpaired) electrons. The SMILES string of the molecule is C#CC(C)(C)OCOc1ccc(NC(=O)NC)cc1Cl. The molecular weight excluding hydrogens is 280 g/mol. The van der Waals surface area contributed by atoms with Crippen LogP contribution in [0.15, 0.2) is 18.2 Å². The van der Waals surface area contributed by atoms with Gasteiger partial charge in [-0.05, 0) is 32.0 Å². The number of carbonyl (C=O) groups is 1. The highest BCUT2D eigenvalue weighted by atomic mass is 35.5. The average Bonchev–Trinajstić information content (AvgIpc) is 2.41. The number of ether oxygens (including phenoxy) is 2. The van der Waals surface area contributed by atoms with Gasteiger partial charge in [0.05, 0.1) is 5.02 Å². The van der Waals surface area contributed by atoms with Crippen molar-refractivity contribution in [3.63, 3.8) is 0 Å². The molecule has 6 heteroatoms. The standard InChI is InChI=1S/C14H17ClN2O3/c1-5-14(2,3)20-9-19-12-7-6-10(8-11(12)15)17-13(18)16-4/h1,6-8H,9H2,2-4H3,(H2,16,17,18). The van der Waals surface area contributed by atoms with E-state index in [1.54, 1.807) is 32.0 Å². The molecule has 0 aliphatic rings. The zero-order valence-corrected chi connectivity index (χ0v) is 12.4. The monoisotopic (exact) mass is 296 g/mol. The highest BCUT2D eigenvalue weighted by Crippen LogP contribution is 2.27. The van der Waals surface area contributed by atoms with E-state index in [0.29, 0.717) is 16.5 Å². The van der Waals surface area contributed by atoms with Gasteiger partial charge in [-0.2, -0.15) is 0 Å². The lowest BCUT2D eigenvalue weighted by atomic mass is 10.2. The number of urea groups is 1. The normalized spacial score (nSPS) is 10.6. The number of hydrogen-bond acceptors (Lipinski definition) is 3. The number of amides is 2. The molecule has 108 valence electrons. The van der Waals surface area contributed by atoms with Gasteiger partial charge in [0.1, 0.15) is 11.4 Å². The van der Waals surface area contributed by atoms with Crippen molar-refractivity contribution in [2.75, 3.05) is 19.2 Å². The lowest BCUT2D eigenvalue weighted by molar-refractivity contribution is -0.0550. The molecular formula is C14H17ClN2O3. The molecule has 0 aliphatic carbocycles. The molecule has 0 spiro atoms. The fourth-order valence-electron chi connectivity index (χ4n) is 1.17. The van der Waals surface area contributed by atoms with Crippen molar-refractivity contribution in [2.24, 2.45) is 0 Å². The quantitative estimate of drug-likeness (QED) is 0.649. The molecule has 1 aromatic rings. The Labute approximate surface area is 123 Å². The molecule has 0 heterocycles. The number of nitrogens with one attached hydrogen (secondary N) is 2. The Bertz CT molecular complexity index is 524. The first-order valence-corrected chi connectivity index (χ1v) is 6.28. The topological polar surface area (TPSA) is 59.6 Å². The smallest absolute Gasteiger partial charge is 0.318 e. The summed E-state index contributed by atoms with van der Waals surface area (Å²) in [5, 5.41) is 5.41. The summed E-state index contributed by atoms with van der Waals surface area (Å²) in [6, 6.07) is 4.56. The van der Waals surface area contributed by atoms with E-state index in [1.165, 1.54) is 7.05 Å². The third-order valence-electron chi connectivity index (χ3n) is 2.40. The second-order valence-electron chi connectivity index (χ2n) is 4.41. The van der Waals surface area contributed by atoms with Crippen LogP contribution in [0.5, 0.6) is 5.75 Å². The van der Waals surface area contributed by atoms with Gasteiger partial charge in [-0.1, -0.05) is 17.5 Å². The molecule has 2 amide bonds. The number of halogens is 1. The van der Waals surface area contributed by atoms with Crippen LogP contribution in [0, 0.1) is 12.3 Å². The van der Waals surface area contributed by atoms with Crippen LogP contribution in [0.4, 0.5) is 10.5 Å². The first-order chi connectivity index (χ1) is 9.38. The third kappa shape index (κ3) is 5.00. The van der Waals surface area contributed by atoms with Gasteiger partial charge in [0.25, 0.3) is 0 Å². The zero-order valence-electron chi connectivity index (χ0n) is 11.6. The first kappa shape index (κ1) is 16.2. The molecule has 0 saturated heterocycles. The first-order valence-electron chi connectivity index (χ1n) is 5.91. The van der Waals surface area contributed by atoms with E-state index >= 15 is 0 Å². The lowest BCUT2D eigenvalue weighted by Crippen LogP contribution is -2.24. The maximum absolute atomic E-state index is 11.2. The maximum atomic E-state index is 11.2. The maximum Gasteiger partial charge on any atom is 0.318 e. The number of carbonyl (C=O) groups excluding carboxylic acids is 1. The van der Waals surface area contributed by atoms with E-state index in [0.717, 1.165) is 0 Å². The number of terminal acetylenes is 1. The van der Waals surface area contributed by atoms with Gasteiger partial charge in [0.2, 0.25) is 0 Å². The lowest BCUT2D eigenvalue weighted by Gasteiger charge is -2.19. The van der Waals surface area contributed by atoms with Gasteiger partial charge in [-0.3, -0.25) is 0 Å². The fourth-order valence-corrected chi connectivity index (χ4v) is 1.41. The molecule has 0 atom stereocenters. The minimum atomic E-state index is -0.701. The van der Waals surface area contributed by atoms with Gasteiger partial charge in [-0.25, -0.2) is 4.79 Å². The summed E-state index contributed by atoms with van der Waals surface area (Å²) in [6.45, 7) is 3.50. The molecule has 0 unspecified atom stereocenters. The third-order valence-corrected chi connectivity index (χ3v) is 2.69. The van der Waals surface area contributed by atoms with Crippen LogP contribution in [0.2, 0.25) is 5.02 Å². The predicted octanol–water partition coefficient (Wildman–Crippen LogP) is 2.86. The highest BCUT2D eigenvalue weighted by Gasteiger charge is 2.14. The van der Waals surface area contributed by atoms with Crippen LogP contribution in [0.1, 0.15) is 13.8 Å². The molecule has 2 N–H and O–H groups in total. The number of anilines is 1. The van der Waals surface area contributed by atoms with Gasteiger partial charge in [-0.15, -0.1) is 6.42 Å². The predicted molar refractivity (Wildman–Crippen MR) is 79.0 cm³/mol. The number of benzene rings is 1. The average molecular weight is 297 g/mol. The van der Waals surface area contributed by atoms with E-state index in [4.69, 9.17) is 27.5 Å². The van der Waals surface area contributed by atoms with Crippen molar-refractivity contribution in [3.05, 3.63) is 23.2 Å². The fraction of sp³-hybridized carbons (Fsp3) is 0.357. The van der Waals surface area contributed by atoms with Crippen LogP contribution in [0.25, 0.3) is 0 Å². The van der Waals surface area contributed by atoms with Crippen molar-refractivity contribution in [1.29, 1.82) is 0 Å².